The lowest BCUT2D eigenvalue weighted by Crippen LogP contribution is -2.09. The number of anilines is 3. The Hall–Kier alpha value is -7.97. The van der Waals surface area contributed by atoms with Crippen molar-refractivity contribution in [2.75, 3.05) is 4.90 Å². The van der Waals surface area contributed by atoms with Crippen molar-refractivity contribution in [2.45, 2.75) is 0 Å². The molecule has 0 aliphatic heterocycles. The zero-order valence-electron chi connectivity index (χ0n) is 34.1. The Morgan fingerprint density at radius 2 is 0.828 bits per heavy atom. The first kappa shape index (κ1) is 36.7. The Bertz CT molecular complexity index is 3810. The maximum absolute atomic E-state index is 6.66. The molecule has 13 rings (SSSR count). The molecule has 0 spiro atoms. The molecule has 0 atom stereocenters. The maximum atomic E-state index is 6.66. The van der Waals surface area contributed by atoms with E-state index in [1.165, 1.54) is 40.3 Å². The number of hydrogen-bond acceptors (Lipinski definition) is 7. The highest BCUT2D eigenvalue weighted by atomic mass is 32.1. The van der Waals surface area contributed by atoms with Crippen molar-refractivity contribution >= 4 is 102 Å². The van der Waals surface area contributed by atoms with Crippen molar-refractivity contribution in [2.24, 2.45) is 0 Å². The van der Waals surface area contributed by atoms with Gasteiger partial charge in [-0.2, -0.15) is 0 Å². The molecule has 5 nitrogen and oxygen atoms in total. The molecule has 0 saturated carbocycles. The second-order valence-electron chi connectivity index (χ2n) is 16.0. The number of fused-ring (bicyclic) bond motifs is 9. The molecule has 300 valence electrons. The van der Waals surface area contributed by atoms with E-state index >= 15 is 0 Å². The topological polar surface area (TPSA) is 55.1 Å². The minimum atomic E-state index is 0.578. The monoisotopic (exact) mass is 854 g/mol. The van der Waals surface area contributed by atoms with Crippen LogP contribution in [0.5, 0.6) is 0 Å². The molecule has 0 amide bonds. The van der Waals surface area contributed by atoms with Gasteiger partial charge < -0.3 is 9.32 Å². The van der Waals surface area contributed by atoms with E-state index in [-0.39, 0.29) is 0 Å². The predicted molar refractivity (Wildman–Crippen MR) is 269 cm³/mol. The summed E-state index contributed by atoms with van der Waals surface area (Å²) in [6, 6.07) is 72.8. The van der Waals surface area contributed by atoms with Crippen molar-refractivity contribution in [3.8, 4) is 45.3 Å². The second-order valence-corrected chi connectivity index (χ2v) is 18.1. The smallest absolute Gasteiger partial charge is 0.164 e. The third kappa shape index (κ3) is 6.16. The van der Waals surface area contributed by atoms with E-state index in [0.717, 1.165) is 66.8 Å². The van der Waals surface area contributed by atoms with Crippen molar-refractivity contribution in [3.63, 3.8) is 0 Å². The van der Waals surface area contributed by atoms with Crippen LogP contribution in [0.3, 0.4) is 0 Å². The van der Waals surface area contributed by atoms with Gasteiger partial charge in [-0.1, -0.05) is 127 Å². The molecule has 0 unspecified atom stereocenters. The van der Waals surface area contributed by atoms with Crippen LogP contribution >= 0.6 is 22.7 Å². The van der Waals surface area contributed by atoms with Crippen molar-refractivity contribution in [3.05, 3.63) is 206 Å². The standard InChI is InChI=1S/C57H34N4OS2/c1-3-13-35(14-4-1)37-17-11-18-38(31-37)56-58-55(36-15-5-2-6-16-36)59-57(60-56)44-21-12-22-49-54(44)47-34-39(25-28-48(47)62-49)61(40-26-29-52-45(32-40)42-19-7-9-23-50(42)63-52)41-27-30-53-46(33-41)43-20-8-10-24-51(43)64-53/h1-34H. The van der Waals surface area contributed by atoms with Crippen molar-refractivity contribution < 1.29 is 4.42 Å². The second kappa shape index (κ2) is 14.8. The third-order valence-corrected chi connectivity index (χ3v) is 14.4. The molecular formula is C57H34N4OS2. The summed E-state index contributed by atoms with van der Waals surface area (Å²) in [6.07, 6.45) is 0. The summed E-state index contributed by atoms with van der Waals surface area (Å²) in [5.74, 6) is 1.79. The lowest BCUT2D eigenvalue weighted by atomic mass is 10.0. The number of nitrogens with zero attached hydrogens (tertiary/aromatic N) is 4. The molecule has 0 fully saturated rings. The van der Waals surface area contributed by atoms with Crippen LogP contribution in [0.4, 0.5) is 17.1 Å². The predicted octanol–water partition coefficient (Wildman–Crippen LogP) is 16.6. The number of rotatable bonds is 7. The van der Waals surface area contributed by atoms with Crippen LogP contribution < -0.4 is 4.90 Å². The molecule has 0 aliphatic rings. The summed E-state index contributed by atoms with van der Waals surface area (Å²) < 4.78 is 11.8. The Morgan fingerprint density at radius 3 is 1.50 bits per heavy atom. The first-order valence-electron chi connectivity index (χ1n) is 21.2. The molecule has 7 heteroatoms. The van der Waals surface area contributed by atoms with Crippen LogP contribution in [0.1, 0.15) is 0 Å². The van der Waals surface area contributed by atoms with Crippen LogP contribution in [0.2, 0.25) is 0 Å². The first-order chi connectivity index (χ1) is 31.7. The summed E-state index contributed by atoms with van der Waals surface area (Å²) in [6.45, 7) is 0. The molecule has 13 aromatic rings. The highest BCUT2D eigenvalue weighted by molar-refractivity contribution is 7.26. The Balaban J connectivity index is 1.02. The van der Waals surface area contributed by atoms with Gasteiger partial charge in [-0.15, -0.1) is 22.7 Å². The van der Waals surface area contributed by atoms with Gasteiger partial charge in [-0.3, -0.25) is 0 Å². The van der Waals surface area contributed by atoms with E-state index in [2.05, 4.69) is 163 Å². The summed E-state index contributed by atoms with van der Waals surface area (Å²) in [5, 5.41) is 6.96. The number of thiophene rings is 2. The third-order valence-electron chi connectivity index (χ3n) is 12.1. The van der Waals surface area contributed by atoms with Gasteiger partial charge in [0.25, 0.3) is 0 Å². The van der Waals surface area contributed by atoms with Crippen LogP contribution in [0.15, 0.2) is 211 Å². The fraction of sp³-hybridized carbons (Fsp3) is 0. The number of aromatic nitrogens is 3. The Morgan fingerprint density at radius 1 is 0.328 bits per heavy atom. The maximum Gasteiger partial charge on any atom is 0.164 e. The van der Waals surface area contributed by atoms with Crippen LogP contribution in [-0.4, -0.2) is 15.0 Å². The summed E-state index contributed by atoms with van der Waals surface area (Å²) in [5.41, 5.74) is 9.66. The fourth-order valence-corrected chi connectivity index (χ4v) is 11.3. The molecule has 4 aromatic heterocycles. The summed E-state index contributed by atoms with van der Waals surface area (Å²) in [7, 11) is 0. The van der Waals surface area contributed by atoms with Crippen molar-refractivity contribution in [1.29, 1.82) is 0 Å². The van der Waals surface area contributed by atoms with Gasteiger partial charge in [0.05, 0.1) is 0 Å². The molecule has 0 aliphatic carbocycles. The van der Waals surface area contributed by atoms with Crippen LogP contribution in [0.25, 0.3) is 108 Å². The Kier molecular flexibility index (Phi) is 8.50. The van der Waals surface area contributed by atoms with Gasteiger partial charge in [0.1, 0.15) is 11.2 Å². The van der Waals surface area contributed by atoms with Gasteiger partial charge in [-0.25, -0.2) is 15.0 Å². The highest BCUT2D eigenvalue weighted by Gasteiger charge is 2.22. The van der Waals surface area contributed by atoms with E-state index in [1.54, 1.807) is 0 Å². The summed E-state index contributed by atoms with van der Waals surface area (Å²) >= 11 is 3.67. The number of hydrogen-bond donors (Lipinski definition) is 0. The SMILES string of the molecule is c1ccc(-c2cccc(-c3nc(-c4ccccc4)nc(-c4cccc5oc6ccc(N(c7ccc8sc9ccccc9c8c7)c7ccc8sc9ccccc9c8c7)cc6c45)n3)c2)cc1. The van der Waals surface area contributed by atoms with E-state index in [1.807, 2.05) is 71.2 Å². The zero-order chi connectivity index (χ0) is 42.1. The van der Waals surface area contributed by atoms with Gasteiger partial charge >= 0.3 is 0 Å². The van der Waals surface area contributed by atoms with E-state index < -0.39 is 0 Å². The van der Waals surface area contributed by atoms with Gasteiger partial charge in [0, 0.05) is 84.9 Å². The average Bonchev–Trinajstić information content (AvgIpc) is 4.05. The lowest BCUT2D eigenvalue weighted by Gasteiger charge is -2.26. The zero-order valence-corrected chi connectivity index (χ0v) is 35.8. The van der Waals surface area contributed by atoms with Crippen molar-refractivity contribution in [1.82, 2.24) is 15.0 Å². The molecule has 64 heavy (non-hydrogen) atoms. The minimum absolute atomic E-state index is 0.578. The van der Waals surface area contributed by atoms with Gasteiger partial charge in [0.2, 0.25) is 0 Å². The van der Waals surface area contributed by atoms with Gasteiger partial charge in [-0.05, 0) is 90.0 Å². The lowest BCUT2D eigenvalue weighted by molar-refractivity contribution is 0.669. The largest absolute Gasteiger partial charge is 0.456 e. The Labute approximate surface area is 375 Å². The van der Waals surface area contributed by atoms with Crippen LogP contribution in [0, 0.1) is 0 Å². The minimum Gasteiger partial charge on any atom is -0.456 e. The molecule has 0 N–H and O–H groups in total. The molecule has 0 saturated heterocycles. The fourth-order valence-electron chi connectivity index (χ4n) is 9.10. The number of furan rings is 1. The highest BCUT2D eigenvalue weighted by Crippen LogP contribution is 2.45. The first-order valence-corrected chi connectivity index (χ1v) is 22.9. The number of benzene rings is 9. The summed E-state index contributed by atoms with van der Waals surface area (Å²) in [4.78, 5) is 17.9. The molecule has 4 heterocycles. The van der Waals surface area contributed by atoms with E-state index in [4.69, 9.17) is 19.4 Å². The molecule has 0 bridgehead atoms. The average molecular weight is 855 g/mol. The molecular weight excluding hydrogens is 821 g/mol. The van der Waals surface area contributed by atoms with E-state index in [9.17, 15) is 0 Å². The van der Waals surface area contributed by atoms with E-state index in [0.29, 0.717) is 17.5 Å². The molecule has 9 aromatic carbocycles. The van der Waals surface area contributed by atoms with Gasteiger partial charge in [0.15, 0.2) is 17.5 Å². The quantitative estimate of drug-likeness (QED) is 0.160. The molecule has 0 radical (unpaired) electrons. The van der Waals surface area contributed by atoms with Crippen LogP contribution in [-0.2, 0) is 0 Å². The normalized spacial score (nSPS) is 11.8.